The summed E-state index contributed by atoms with van der Waals surface area (Å²) < 4.78 is 51.5. The first-order valence-corrected chi connectivity index (χ1v) is 26.8. The van der Waals surface area contributed by atoms with Gasteiger partial charge in [0.25, 0.3) is 21.6 Å². The highest BCUT2D eigenvalue weighted by atomic mass is 32.2. The Balaban J connectivity index is 0.913. The molecular weight excluding hydrogens is 958 g/mol. The summed E-state index contributed by atoms with van der Waals surface area (Å²) in [4.78, 5) is 38.4. The van der Waals surface area contributed by atoms with Crippen molar-refractivity contribution in [1.29, 1.82) is 0 Å². The van der Waals surface area contributed by atoms with E-state index in [2.05, 4.69) is 49.7 Å². The molecule has 18 heteroatoms. The lowest BCUT2D eigenvalue weighted by Gasteiger charge is -2.39. The lowest BCUT2D eigenvalue weighted by Crippen LogP contribution is -2.47. The highest BCUT2D eigenvalue weighted by Gasteiger charge is 2.33. The van der Waals surface area contributed by atoms with Gasteiger partial charge in [0.2, 0.25) is 0 Å². The van der Waals surface area contributed by atoms with Gasteiger partial charge in [-0.25, -0.2) is 22.5 Å². The van der Waals surface area contributed by atoms with Crippen LogP contribution in [0, 0.1) is 27.3 Å². The molecule has 0 spiro atoms. The van der Waals surface area contributed by atoms with E-state index in [4.69, 9.17) is 4.74 Å². The van der Waals surface area contributed by atoms with Gasteiger partial charge in [-0.05, 0) is 148 Å². The first-order chi connectivity index (χ1) is 34.1. The number of fused-ring (bicyclic) bond motifs is 1. The third-order valence-electron chi connectivity index (χ3n) is 14.5. The van der Waals surface area contributed by atoms with Gasteiger partial charge in [-0.1, -0.05) is 31.6 Å². The van der Waals surface area contributed by atoms with Crippen LogP contribution in [0.15, 0.2) is 101 Å². The number of pyridine rings is 1. The van der Waals surface area contributed by atoms with Crippen LogP contribution in [0.3, 0.4) is 0 Å². The van der Waals surface area contributed by atoms with Crippen molar-refractivity contribution in [2.75, 3.05) is 49.5 Å². The lowest BCUT2D eigenvalue weighted by atomic mass is 9.73. The Morgan fingerprint density at radius 2 is 1.78 bits per heavy atom. The first kappa shape index (κ1) is 50.7. The maximum absolute atomic E-state index is 15.4. The summed E-state index contributed by atoms with van der Waals surface area (Å²) in [6, 6.07) is 19.1. The number of rotatable bonds is 15. The molecular formula is C54H62FN7O8S2. The van der Waals surface area contributed by atoms with E-state index in [1.807, 2.05) is 11.4 Å². The van der Waals surface area contributed by atoms with Crippen LogP contribution in [0.4, 0.5) is 21.5 Å². The third-order valence-corrected chi connectivity index (χ3v) is 16.8. The van der Waals surface area contributed by atoms with Gasteiger partial charge < -0.3 is 30.2 Å². The van der Waals surface area contributed by atoms with Gasteiger partial charge in [0, 0.05) is 79.1 Å². The Labute approximate surface area is 423 Å². The Bertz CT molecular complexity index is 3160. The normalized spacial score (nSPS) is 19.9. The van der Waals surface area contributed by atoms with Crippen molar-refractivity contribution >= 4 is 60.9 Å². The number of halogens is 1. The number of H-pyrrole nitrogens is 1. The standard InChI is InChI=1S/C54H62FN7O8S2/c1-52(2)16-14-36(44(29-52)49-25-37(33-71-49)42-9-6-38(26-45(42)55)53(3,4)64)32-60-20-22-61(23-21-60)39-7-10-43(48(27-39)70-40-24-35-15-19-56-50(35)58-31-40)51(63)59-72(68,69)41-8-11-46(47(28-41)62(66)67)57-30-34-12-17-54(5,65)18-13-34/h6-11,15,19,24-28,31,33-34,57,64-65H,12-14,16-18,20-23,29-30,32H2,1-5H3,(H,56,58)(H,59,63)/t34-,54-. The number of aromatic amines is 1. The van der Waals surface area contributed by atoms with Gasteiger partial charge in [-0.15, -0.1) is 11.3 Å². The monoisotopic (exact) mass is 1020 g/mol. The van der Waals surface area contributed by atoms with Crippen molar-refractivity contribution in [1.82, 2.24) is 19.6 Å². The molecule has 1 aliphatic heterocycles. The smallest absolute Gasteiger partial charge is 0.293 e. The summed E-state index contributed by atoms with van der Waals surface area (Å²) in [5.41, 5.74) is 3.85. The van der Waals surface area contributed by atoms with Gasteiger partial charge >= 0.3 is 0 Å². The molecule has 0 unspecified atom stereocenters. The molecule has 9 rings (SSSR count). The van der Waals surface area contributed by atoms with Gasteiger partial charge in [-0.2, -0.15) is 0 Å². The maximum atomic E-state index is 15.4. The van der Waals surface area contributed by atoms with Crippen LogP contribution in [0.5, 0.6) is 11.5 Å². The molecule has 0 radical (unpaired) electrons. The fourth-order valence-electron chi connectivity index (χ4n) is 10.0. The highest BCUT2D eigenvalue weighted by Crippen LogP contribution is 2.46. The number of hydrogen-bond acceptors (Lipinski definition) is 13. The van der Waals surface area contributed by atoms with E-state index in [-0.39, 0.29) is 34.2 Å². The molecule has 1 saturated heterocycles. The number of aliphatic hydroxyl groups is 2. The molecule has 3 aromatic carbocycles. The highest BCUT2D eigenvalue weighted by molar-refractivity contribution is 7.90. The summed E-state index contributed by atoms with van der Waals surface area (Å²) >= 11 is 1.64. The predicted molar refractivity (Wildman–Crippen MR) is 280 cm³/mol. The minimum atomic E-state index is -4.61. The van der Waals surface area contributed by atoms with Gasteiger partial charge in [0.1, 0.15) is 28.7 Å². The summed E-state index contributed by atoms with van der Waals surface area (Å²) in [6.45, 7) is 13.7. The topological polar surface area (TPSA) is 203 Å². The van der Waals surface area contributed by atoms with Crippen LogP contribution in [0.25, 0.3) is 27.7 Å². The Hall–Kier alpha value is -6.18. The van der Waals surface area contributed by atoms with E-state index in [1.165, 1.54) is 41.6 Å². The second-order valence-corrected chi connectivity index (χ2v) is 23.8. The largest absolute Gasteiger partial charge is 0.455 e. The summed E-state index contributed by atoms with van der Waals surface area (Å²) in [5, 5.41) is 38.8. The van der Waals surface area contributed by atoms with Crippen molar-refractivity contribution in [3.8, 4) is 22.6 Å². The molecule has 380 valence electrons. The Morgan fingerprint density at radius 3 is 2.50 bits per heavy atom. The molecule has 2 fully saturated rings. The number of nitrogens with one attached hydrogen (secondary N) is 3. The van der Waals surface area contributed by atoms with Crippen molar-refractivity contribution in [2.24, 2.45) is 11.3 Å². The third kappa shape index (κ3) is 11.5. The molecule has 5 N–H and O–H groups in total. The number of thiophene rings is 1. The molecule has 2 aliphatic carbocycles. The molecule has 1 saturated carbocycles. The molecule has 0 bridgehead atoms. The fraction of sp³-hybridized carbons (Fsp3) is 0.407. The number of carbonyl (C=O) groups is 1. The average molecular weight is 1020 g/mol. The van der Waals surface area contributed by atoms with Crippen molar-refractivity contribution < 1.29 is 37.5 Å². The van der Waals surface area contributed by atoms with Gasteiger partial charge in [-0.3, -0.25) is 19.8 Å². The predicted octanol–water partition coefficient (Wildman–Crippen LogP) is 10.6. The number of ether oxygens (including phenoxy) is 1. The minimum absolute atomic E-state index is 0.0698. The number of aromatic nitrogens is 2. The van der Waals surface area contributed by atoms with Crippen molar-refractivity contribution in [2.45, 2.75) is 95.7 Å². The quantitative estimate of drug-likeness (QED) is 0.0482. The number of benzene rings is 3. The molecule has 15 nitrogen and oxygen atoms in total. The van der Waals surface area contributed by atoms with Crippen LogP contribution in [0.2, 0.25) is 0 Å². The molecule has 3 aromatic heterocycles. The SMILES string of the molecule is CC1(C)CCC(CN2CCN(c3ccc(C(=O)NS(=O)(=O)c4ccc(NC[C@H]5CC[C@](C)(O)CC5)c([N+](=O)[O-])c4)c(Oc4cnc5[nH]ccc5c4)c3)CC2)=C(c2cc(-c3ccc(C(C)(C)O)cc3F)cs2)C1. The number of nitro benzene ring substituents is 1. The summed E-state index contributed by atoms with van der Waals surface area (Å²) in [5.74, 6) is -0.742. The van der Waals surface area contributed by atoms with Crippen LogP contribution in [-0.2, 0) is 15.6 Å². The zero-order valence-electron chi connectivity index (χ0n) is 41.3. The fourth-order valence-corrected chi connectivity index (χ4v) is 12.0. The van der Waals surface area contributed by atoms with E-state index in [0.29, 0.717) is 55.0 Å². The molecule has 3 aliphatic rings. The van der Waals surface area contributed by atoms with E-state index in [0.717, 1.165) is 79.3 Å². The summed E-state index contributed by atoms with van der Waals surface area (Å²) in [6.07, 6.45) is 8.93. The zero-order valence-corrected chi connectivity index (χ0v) is 42.9. The zero-order chi connectivity index (χ0) is 51.2. The van der Waals surface area contributed by atoms with Gasteiger partial charge in [0.15, 0.2) is 0 Å². The molecule has 6 aromatic rings. The van der Waals surface area contributed by atoms with E-state index in [1.54, 1.807) is 68.6 Å². The Morgan fingerprint density at radius 1 is 1.01 bits per heavy atom. The van der Waals surface area contributed by atoms with E-state index in [9.17, 15) is 33.5 Å². The average Bonchev–Trinajstić information content (AvgIpc) is 4.02. The van der Waals surface area contributed by atoms with E-state index >= 15 is 4.39 Å². The number of allylic oxidation sites excluding steroid dienone is 1. The van der Waals surface area contributed by atoms with Crippen molar-refractivity contribution in [3.63, 3.8) is 0 Å². The number of nitrogens with zero attached hydrogens (tertiary/aromatic N) is 4. The van der Waals surface area contributed by atoms with Crippen molar-refractivity contribution in [3.05, 3.63) is 128 Å². The lowest BCUT2D eigenvalue weighted by molar-refractivity contribution is -0.384. The maximum Gasteiger partial charge on any atom is 0.293 e. The van der Waals surface area contributed by atoms with Crippen LogP contribution < -0.4 is 19.7 Å². The second kappa shape index (κ2) is 20.0. The molecule has 72 heavy (non-hydrogen) atoms. The number of nitro groups is 1. The number of carbonyl (C=O) groups excluding carboxylic acids is 1. The number of amides is 1. The number of sulfonamides is 1. The molecule has 1 amide bonds. The first-order valence-electron chi connectivity index (χ1n) is 24.5. The molecule has 0 atom stereocenters. The summed E-state index contributed by atoms with van der Waals surface area (Å²) in [7, 11) is -4.61. The van der Waals surface area contributed by atoms with E-state index < -0.39 is 42.6 Å². The number of anilines is 2. The van der Waals surface area contributed by atoms with Crippen LogP contribution in [0.1, 0.15) is 100 Å². The van der Waals surface area contributed by atoms with Gasteiger partial charge in [0.05, 0.1) is 32.8 Å². The van der Waals surface area contributed by atoms with Crippen LogP contribution in [-0.4, -0.2) is 89.2 Å². The second-order valence-electron chi connectivity index (χ2n) is 21.2. The van der Waals surface area contributed by atoms with Crippen LogP contribution >= 0.6 is 11.3 Å². The Kier molecular flexibility index (Phi) is 14.1. The molecule has 4 heterocycles. The number of hydrogen-bond donors (Lipinski definition) is 5. The number of piperazine rings is 1. The minimum Gasteiger partial charge on any atom is -0.455 e.